The van der Waals surface area contributed by atoms with E-state index >= 15 is 0 Å². The average Bonchev–Trinajstić information content (AvgIpc) is 2.31. The second kappa shape index (κ2) is 4.90. The van der Waals surface area contributed by atoms with Crippen LogP contribution in [0, 0.1) is 0 Å². The summed E-state index contributed by atoms with van der Waals surface area (Å²) in [5.41, 5.74) is 4.46. The lowest BCUT2D eigenvalue weighted by atomic mass is 9.97. The molecule has 0 amide bonds. The van der Waals surface area contributed by atoms with Crippen molar-refractivity contribution in [3.8, 4) is 0 Å². The maximum absolute atomic E-state index is 12.4. The molecule has 6 nitrogen and oxygen atoms in total. The predicted octanol–water partition coefficient (Wildman–Crippen LogP) is 0.853. The van der Waals surface area contributed by atoms with Crippen LogP contribution in [0.15, 0.2) is 17.2 Å². The highest BCUT2D eigenvalue weighted by atomic mass is 35.5. The molecule has 0 spiro atoms. The Morgan fingerprint density at radius 2 is 2.26 bits per heavy atom. The van der Waals surface area contributed by atoms with Crippen LogP contribution in [0.4, 0.5) is 5.82 Å². The summed E-state index contributed by atoms with van der Waals surface area (Å²) in [5, 5.41) is 10.1. The van der Waals surface area contributed by atoms with E-state index in [-0.39, 0.29) is 22.3 Å². The number of nitrogens with zero attached hydrogens (tertiary/aromatic N) is 2. The van der Waals surface area contributed by atoms with Crippen molar-refractivity contribution in [1.82, 2.24) is 9.29 Å². The highest BCUT2D eigenvalue weighted by Crippen LogP contribution is 2.27. The number of anilines is 1. The number of β-amino-alcohol motifs (C(OH)–C–C–N with tert-alkyl or cyclic N) is 1. The number of aliphatic hydroxyl groups is 1. The molecule has 106 valence electrons. The fraction of sp³-hybridized carbons (Fsp3) is 0.545. The molecule has 0 radical (unpaired) electrons. The van der Waals surface area contributed by atoms with Crippen LogP contribution in [-0.4, -0.2) is 41.5 Å². The van der Waals surface area contributed by atoms with Gasteiger partial charge in [-0.2, -0.15) is 4.31 Å². The molecule has 1 aliphatic rings. The van der Waals surface area contributed by atoms with Gasteiger partial charge in [0.05, 0.1) is 10.6 Å². The molecule has 0 bridgehead atoms. The van der Waals surface area contributed by atoms with Crippen LogP contribution in [0.1, 0.15) is 19.8 Å². The first-order chi connectivity index (χ1) is 8.72. The molecule has 1 aromatic rings. The third kappa shape index (κ3) is 3.00. The van der Waals surface area contributed by atoms with Gasteiger partial charge in [-0.15, -0.1) is 0 Å². The third-order valence-electron chi connectivity index (χ3n) is 3.12. The fourth-order valence-electron chi connectivity index (χ4n) is 2.10. The van der Waals surface area contributed by atoms with E-state index in [1.807, 2.05) is 0 Å². The Morgan fingerprint density at radius 1 is 1.58 bits per heavy atom. The molecule has 2 heterocycles. The third-order valence-corrected chi connectivity index (χ3v) is 5.24. The van der Waals surface area contributed by atoms with Gasteiger partial charge in [0.2, 0.25) is 10.0 Å². The van der Waals surface area contributed by atoms with E-state index in [1.54, 1.807) is 6.92 Å². The van der Waals surface area contributed by atoms with Gasteiger partial charge in [0.15, 0.2) is 0 Å². The number of sulfonamides is 1. The monoisotopic (exact) mass is 305 g/mol. The van der Waals surface area contributed by atoms with Gasteiger partial charge in [0.1, 0.15) is 10.7 Å². The first kappa shape index (κ1) is 14.5. The topological polar surface area (TPSA) is 96.5 Å². The molecular formula is C11H16ClN3O3S. The molecule has 0 aliphatic carbocycles. The van der Waals surface area contributed by atoms with Crippen LogP contribution >= 0.6 is 11.6 Å². The Bertz CT molecular complexity index is 589. The summed E-state index contributed by atoms with van der Waals surface area (Å²) in [4.78, 5) is 3.74. The Kier molecular flexibility index (Phi) is 3.74. The van der Waals surface area contributed by atoms with E-state index in [2.05, 4.69) is 4.98 Å². The van der Waals surface area contributed by atoms with Crippen LogP contribution in [0.25, 0.3) is 0 Å². The lowest BCUT2D eigenvalue weighted by Gasteiger charge is -2.35. The standard InChI is InChI=1S/C11H16ClN3O3S/c1-11(16)3-2-4-15(7-11)19(17,18)8-5-9(12)10(13)14-6-8/h5-6,16H,2-4,7H2,1H3,(H2,13,14). The fourth-order valence-corrected chi connectivity index (χ4v) is 3.90. The molecule has 8 heteroatoms. The van der Waals surface area contributed by atoms with Gasteiger partial charge >= 0.3 is 0 Å². The van der Waals surface area contributed by atoms with Gasteiger partial charge in [0, 0.05) is 19.3 Å². The van der Waals surface area contributed by atoms with Gasteiger partial charge in [0.25, 0.3) is 0 Å². The van der Waals surface area contributed by atoms with Crippen LogP contribution in [0.3, 0.4) is 0 Å². The van der Waals surface area contributed by atoms with Gasteiger partial charge in [-0.25, -0.2) is 13.4 Å². The number of hydrogen-bond donors (Lipinski definition) is 2. The quantitative estimate of drug-likeness (QED) is 0.844. The molecule has 1 aliphatic heterocycles. The molecule has 1 atom stereocenters. The van der Waals surface area contributed by atoms with Crippen molar-refractivity contribution in [1.29, 1.82) is 0 Å². The van der Waals surface area contributed by atoms with E-state index in [9.17, 15) is 13.5 Å². The molecule has 19 heavy (non-hydrogen) atoms. The van der Waals surface area contributed by atoms with Crippen molar-refractivity contribution in [2.75, 3.05) is 18.8 Å². The molecule has 0 saturated carbocycles. The number of rotatable bonds is 2. The summed E-state index contributed by atoms with van der Waals surface area (Å²) in [6.45, 7) is 2.07. The number of aromatic nitrogens is 1. The zero-order chi connectivity index (χ0) is 14.3. The Labute approximate surface area is 117 Å². The van der Waals surface area contributed by atoms with Crippen molar-refractivity contribution in [3.63, 3.8) is 0 Å². The van der Waals surface area contributed by atoms with Crippen molar-refractivity contribution in [2.45, 2.75) is 30.3 Å². The van der Waals surface area contributed by atoms with Crippen LogP contribution < -0.4 is 5.73 Å². The molecule has 3 N–H and O–H groups in total. The first-order valence-electron chi connectivity index (χ1n) is 5.86. The molecular weight excluding hydrogens is 290 g/mol. The van der Waals surface area contributed by atoms with Crippen LogP contribution in [0.5, 0.6) is 0 Å². The second-order valence-corrected chi connectivity index (χ2v) is 7.32. The zero-order valence-electron chi connectivity index (χ0n) is 10.5. The lowest BCUT2D eigenvalue weighted by Crippen LogP contribution is -2.48. The van der Waals surface area contributed by atoms with E-state index in [0.717, 1.165) is 0 Å². The highest BCUT2D eigenvalue weighted by molar-refractivity contribution is 7.89. The molecule has 1 unspecified atom stereocenters. The summed E-state index contributed by atoms with van der Waals surface area (Å²) in [6.07, 6.45) is 2.38. The number of halogens is 1. The van der Waals surface area contributed by atoms with Crippen molar-refractivity contribution in [2.24, 2.45) is 0 Å². The van der Waals surface area contributed by atoms with Crippen molar-refractivity contribution < 1.29 is 13.5 Å². The van der Waals surface area contributed by atoms with Gasteiger partial charge in [-0.3, -0.25) is 0 Å². The summed E-state index contributed by atoms with van der Waals surface area (Å²) in [5.74, 6) is 0.0891. The number of nitrogens with two attached hydrogens (primary N) is 1. The van der Waals surface area contributed by atoms with Crippen molar-refractivity contribution in [3.05, 3.63) is 17.3 Å². The summed E-state index contributed by atoms with van der Waals surface area (Å²) >= 11 is 5.79. The molecule has 1 saturated heterocycles. The normalized spacial score (nSPS) is 25.4. The van der Waals surface area contributed by atoms with Crippen LogP contribution in [-0.2, 0) is 10.0 Å². The minimum atomic E-state index is -3.70. The zero-order valence-corrected chi connectivity index (χ0v) is 12.1. The Morgan fingerprint density at radius 3 is 2.84 bits per heavy atom. The van der Waals surface area contributed by atoms with Gasteiger partial charge in [-0.05, 0) is 25.8 Å². The number of pyridine rings is 1. The molecule has 0 aromatic carbocycles. The molecule has 1 aromatic heterocycles. The minimum Gasteiger partial charge on any atom is -0.389 e. The first-order valence-corrected chi connectivity index (χ1v) is 7.68. The minimum absolute atomic E-state index is 0.00981. The largest absolute Gasteiger partial charge is 0.389 e. The Hall–Kier alpha value is -0.890. The van der Waals surface area contributed by atoms with E-state index < -0.39 is 15.6 Å². The van der Waals surface area contributed by atoms with Crippen molar-refractivity contribution >= 4 is 27.4 Å². The average molecular weight is 306 g/mol. The summed E-state index contributed by atoms with van der Waals surface area (Å²) < 4.78 is 26.1. The number of hydrogen-bond acceptors (Lipinski definition) is 5. The smallest absolute Gasteiger partial charge is 0.244 e. The molecule has 2 rings (SSSR count). The number of piperidine rings is 1. The summed E-state index contributed by atoms with van der Waals surface area (Å²) in [6, 6.07) is 1.28. The maximum Gasteiger partial charge on any atom is 0.244 e. The second-order valence-electron chi connectivity index (χ2n) is 4.98. The maximum atomic E-state index is 12.4. The lowest BCUT2D eigenvalue weighted by molar-refractivity contribution is 0.00939. The highest BCUT2D eigenvalue weighted by Gasteiger charge is 2.35. The van der Waals surface area contributed by atoms with E-state index in [0.29, 0.717) is 19.4 Å². The summed E-state index contributed by atoms with van der Waals surface area (Å²) in [7, 11) is -3.70. The van der Waals surface area contributed by atoms with Gasteiger partial charge in [-0.1, -0.05) is 11.6 Å². The molecule has 1 fully saturated rings. The number of nitrogen functional groups attached to an aromatic ring is 1. The Balaban J connectivity index is 2.34. The van der Waals surface area contributed by atoms with Gasteiger partial charge < -0.3 is 10.8 Å². The van der Waals surface area contributed by atoms with Crippen LogP contribution in [0.2, 0.25) is 5.02 Å². The van der Waals surface area contributed by atoms with E-state index in [1.165, 1.54) is 16.6 Å². The SMILES string of the molecule is CC1(O)CCCN(S(=O)(=O)c2cnc(N)c(Cl)c2)C1. The van der Waals surface area contributed by atoms with E-state index in [4.69, 9.17) is 17.3 Å². The predicted molar refractivity (Wildman–Crippen MR) is 72.3 cm³/mol.